The van der Waals surface area contributed by atoms with Crippen molar-refractivity contribution in [3.05, 3.63) is 20.8 Å². The Balaban J connectivity index is 2.02. The Morgan fingerprint density at radius 2 is 2.16 bits per heavy atom. The molecule has 0 bridgehead atoms. The molecule has 0 spiro atoms. The maximum Gasteiger partial charge on any atom is 0.308 e. The summed E-state index contributed by atoms with van der Waals surface area (Å²) in [5, 5.41) is 11.4. The first-order chi connectivity index (χ1) is 9.09. The van der Waals surface area contributed by atoms with Crippen LogP contribution in [0.1, 0.15) is 36.6 Å². The van der Waals surface area contributed by atoms with E-state index in [1.54, 1.807) is 0 Å². The van der Waals surface area contributed by atoms with Crippen LogP contribution >= 0.6 is 27.3 Å². The van der Waals surface area contributed by atoms with Crippen LogP contribution in [0.3, 0.4) is 0 Å². The van der Waals surface area contributed by atoms with E-state index in [-0.39, 0.29) is 18.0 Å². The van der Waals surface area contributed by atoms with Gasteiger partial charge in [-0.25, -0.2) is 0 Å². The Morgan fingerprint density at radius 1 is 1.42 bits per heavy atom. The van der Waals surface area contributed by atoms with Gasteiger partial charge < -0.3 is 10.0 Å². The van der Waals surface area contributed by atoms with Crippen molar-refractivity contribution in [2.24, 2.45) is 5.92 Å². The van der Waals surface area contributed by atoms with E-state index in [1.165, 1.54) is 11.3 Å². The van der Waals surface area contributed by atoms with Crippen LogP contribution in [0.2, 0.25) is 0 Å². The second-order valence-corrected chi connectivity index (χ2v) is 6.90. The van der Waals surface area contributed by atoms with E-state index >= 15 is 0 Å². The van der Waals surface area contributed by atoms with Crippen LogP contribution in [0, 0.1) is 5.92 Å². The van der Waals surface area contributed by atoms with Gasteiger partial charge in [-0.15, -0.1) is 11.3 Å². The molecule has 1 aromatic rings. The monoisotopic (exact) mass is 343 g/mol. The lowest BCUT2D eigenvalue weighted by atomic mass is 9.87. The standard InChI is InChI=1S/C13H14BrNO3S/c14-9-5-6-19-12(9)11-8(13(17)18)3-4-10(16)15(11)7-1-2-7/h5-8,11H,1-4H2,(H,17,18). The van der Waals surface area contributed by atoms with Gasteiger partial charge in [0.25, 0.3) is 0 Å². The average molecular weight is 344 g/mol. The van der Waals surface area contributed by atoms with Gasteiger partial charge in [-0.1, -0.05) is 0 Å². The van der Waals surface area contributed by atoms with Gasteiger partial charge in [-0.05, 0) is 46.6 Å². The average Bonchev–Trinajstić information content (AvgIpc) is 3.10. The van der Waals surface area contributed by atoms with Gasteiger partial charge in [0.15, 0.2) is 0 Å². The molecule has 2 fully saturated rings. The van der Waals surface area contributed by atoms with Crippen LogP contribution in [-0.4, -0.2) is 27.9 Å². The highest BCUT2D eigenvalue weighted by atomic mass is 79.9. The number of likely N-dealkylation sites (tertiary alicyclic amines) is 1. The van der Waals surface area contributed by atoms with E-state index < -0.39 is 11.9 Å². The molecule has 1 aliphatic carbocycles. The number of carboxylic acid groups (broad SMARTS) is 1. The number of carbonyl (C=O) groups excluding carboxylic acids is 1. The van der Waals surface area contributed by atoms with Crippen molar-refractivity contribution in [1.82, 2.24) is 4.90 Å². The summed E-state index contributed by atoms with van der Waals surface area (Å²) in [5.41, 5.74) is 0. The number of amides is 1. The van der Waals surface area contributed by atoms with Crippen LogP contribution in [0.4, 0.5) is 0 Å². The van der Waals surface area contributed by atoms with Crippen LogP contribution < -0.4 is 0 Å². The number of piperidine rings is 1. The molecule has 3 rings (SSSR count). The maximum atomic E-state index is 12.2. The second kappa shape index (κ2) is 4.90. The van der Waals surface area contributed by atoms with Crippen LogP contribution in [0.5, 0.6) is 0 Å². The number of thiophene rings is 1. The zero-order valence-electron chi connectivity index (χ0n) is 10.2. The van der Waals surface area contributed by atoms with Crippen molar-refractivity contribution in [2.45, 2.75) is 37.8 Å². The van der Waals surface area contributed by atoms with Crippen molar-refractivity contribution >= 4 is 39.1 Å². The highest BCUT2D eigenvalue weighted by molar-refractivity contribution is 9.10. The van der Waals surface area contributed by atoms with Crippen molar-refractivity contribution < 1.29 is 14.7 Å². The zero-order chi connectivity index (χ0) is 13.6. The summed E-state index contributed by atoms with van der Waals surface area (Å²) in [6, 6.07) is 1.86. The lowest BCUT2D eigenvalue weighted by molar-refractivity contribution is -0.152. The van der Waals surface area contributed by atoms with E-state index in [1.807, 2.05) is 16.3 Å². The second-order valence-electron chi connectivity index (χ2n) is 5.09. The predicted molar refractivity (Wildman–Crippen MR) is 75.0 cm³/mol. The minimum atomic E-state index is -0.802. The van der Waals surface area contributed by atoms with Crippen LogP contribution in [0.25, 0.3) is 0 Å². The van der Waals surface area contributed by atoms with Crippen LogP contribution in [0.15, 0.2) is 15.9 Å². The van der Waals surface area contributed by atoms with E-state index in [4.69, 9.17) is 0 Å². The smallest absolute Gasteiger partial charge is 0.308 e. The number of hydrogen-bond acceptors (Lipinski definition) is 3. The Bertz CT molecular complexity index is 526. The van der Waals surface area contributed by atoms with E-state index in [9.17, 15) is 14.7 Å². The highest BCUT2D eigenvalue weighted by Gasteiger charge is 2.47. The molecule has 1 saturated heterocycles. The zero-order valence-corrected chi connectivity index (χ0v) is 12.6. The molecule has 1 aliphatic heterocycles. The molecule has 102 valence electrons. The topological polar surface area (TPSA) is 57.6 Å². The third kappa shape index (κ3) is 2.31. The number of nitrogens with zero attached hydrogens (tertiary/aromatic N) is 1. The summed E-state index contributed by atoms with van der Waals surface area (Å²) in [6.45, 7) is 0. The lowest BCUT2D eigenvalue weighted by Gasteiger charge is -2.39. The first-order valence-electron chi connectivity index (χ1n) is 6.36. The minimum Gasteiger partial charge on any atom is -0.481 e. The summed E-state index contributed by atoms with van der Waals surface area (Å²) in [7, 11) is 0. The summed E-state index contributed by atoms with van der Waals surface area (Å²) < 4.78 is 0.911. The number of halogens is 1. The number of aliphatic carboxylic acids is 1. The molecule has 2 aliphatic rings. The summed E-state index contributed by atoms with van der Waals surface area (Å²) >= 11 is 5.00. The van der Waals surface area contributed by atoms with Gasteiger partial charge in [0, 0.05) is 21.8 Å². The van der Waals surface area contributed by atoms with Gasteiger partial charge in [0.2, 0.25) is 5.91 Å². The highest BCUT2D eigenvalue weighted by Crippen LogP contribution is 2.46. The van der Waals surface area contributed by atoms with Crippen molar-refractivity contribution in [2.75, 3.05) is 0 Å². The number of carboxylic acids is 1. The molecule has 2 atom stereocenters. The number of hydrogen-bond donors (Lipinski definition) is 1. The molecule has 6 heteroatoms. The lowest BCUT2D eigenvalue weighted by Crippen LogP contribution is -2.46. The van der Waals surface area contributed by atoms with Crippen molar-refractivity contribution in [1.29, 1.82) is 0 Å². The van der Waals surface area contributed by atoms with Gasteiger partial charge >= 0.3 is 5.97 Å². The van der Waals surface area contributed by atoms with Gasteiger partial charge in [-0.3, -0.25) is 9.59 Å². The predicted octanol–water partition coefficient (Wildman–Crippen LogP) is 3.04. The molecular formula is C13H14BrNO3S. The fourth-order valence-corrected chi connectivity index (χ4v) is 4.55. The molecule has 1 N–H and O–H groups in total. The van der Waals surface area contributed by atoms with Gasteiger partial charge in [0.1, 0.15) is 0 Å². The largest absolute Gasteiger partial charge is 0.481 e. The SMILES string of the molecule is O=C(O)C1CCC(=O)N(C2CC2)C1c1sccc1Br. The Hall–Kier alpha value is -0.880. The molecule has 0 aromatic carbocycles. The van der Waals surface area contributed by atoms with Gasteiger partial charge in [0.05, 0.1) is 12.0 Å². The third-order valence-electron chi connectivity index (χ3n) is 3.81. The Morgan fingerprint density at radius 3 is 2.68 bits per heavy atom. The molecule has 1 aromatic heterocycles. The fourth-order valence-electron chi connectivity index (χ4n) is 2.78. The molecule has 1 saturated carbocycles. The first-order valence-corrected chi connectivity index (χ1v) is 8.03. The summed E-state index contributed by atoms with van der Waals surface area (Å²) in [4.78, 5) is 26.5. The van der Waals surface area contributed by atoms with E-state index in [2.05, 4.69) is 15.9 Å². The van der Waals surface area contributed by atoms with Crippen molar-refractivity contribution in [3.63, 3.8) is 0 Å². The summed E-state index contributed by atoms with van der Waals surface area (Å²) in [5.74, 6) is -1.19. The Kier molecular flexibility index (Phi) is 3.39. The minimum absolute atomic E-state index is 0.102. The molecule has 4 nitrogen and oxygen atoms in total. The third-order valence-corrected chi connectivity index (χ3v) is 5.75. The maximum absolute atomic E-state index is 12.2. The van der Waals surface area contributed by atoms with Crippen molar-refractivity contribution in [3.8, 4) is 0 Å². The summed E-state index contributed by atoms with van der Waals surface area (Å²) in [6.07, 6.45) is 2.79. The van der Waals surface area contributed by atoms with E-state index in [0.717, 1.165) is 22.2 Å². The normalized spacial score (nSPS) is 27.6. The molecular weight excluding hydrogens is 330 g/mol. The quantitative estimate of drug-likeness (QED) is 0.917. The Labute approximate surface area is 123 Å². The molecule has 0 radical (unpaired) electrons. The molecule has 1 amide bonds. The number of carbonyl (C=O) groups is 2. The van der Waals surface area contributed by atoms with Gasteiger partial charge in [-0.2, -0.15) is 0 Å². The molecule has 2 unspecified atom stereocenters. The fraction of sp³-hybridized carbons (Fsp3) is 0.538. The van der Waals surface area contributed by atoms with E-state index in [0.29, 0.717) is 12.8 Å². The molecule has 19 heavy (non-hydrogen) atoms. The first kappa shape index (κ1) is 13.1. The molecule has 2 heterocycles. The number of rotatable bonds is 3. The van der Waals surface area contributed by atoms with Crippen LogP contribution in [-0.2, 0) is 9.59 Å².